The van der Waals surface area contributed by atoms with E-state index in [4.69, 9.17) is 4.74 Å². The number of anilines is 2. The second kappa shape index (κ2) is 8.39. The molecule has 1 amide bonds. The Morgan fingerprint density at radius 3 is 2.50 bits per heavy atom. The summed E-state index contributed by atoms with van der Waals surface area (Å²) in [6.07, 6.45) is 2.31. The molecule has 0 spiro atoms. The van der Waals surface area contributed by atoms with Crippen LogP contribution in [0.2, 0.25) is 0 Å². The summed E-state index contributed by atoms with van der Waals surface area (Å²) in [5, 5.41) is 2.88. The maximum atomic E-state index is 12.8. The molecule has 1 aromatic carbocycles. The van der Waals surface area contributed by atoms with Gasteiger partial charge in [-0.25, -0.2) is 4.98 Å². The van der Waals surface area contributed by atoms with E-state index in [1.54, 1.807) is 18.4 Å². The number of methoxy groups -OCH3 is 1. The summed E-state index contributed by atoms with van der Waals surface area (Å²) in [4.78, 5) is 24.1. The molecule has 0 bridgehead atoms. The smallest absolute Gasteiger partial charge is 0.273 e. The monoisotopic (exact) mass is 400 g/mol. The van der Waals surface area contributed by atoms with Crippen LogP contribution in [0.3, 0.4) is 0 Å². The number of ether oxygens (including phenoxy) is 1. The number of thiazole rings is 1. The van der Waals surface area contributed by atoms with E-state index in [0.717, 1.165) is 56.6 Å². The third-order valence-electron chi connectivity index (χ3n) is 5.64. The molecule has 6 nitrogen and oxygen atoms in total. The first-order valence-corrected chi connectivity index (χ1v) is 10.9. The number of carbonyl (C=O) groups excluding carboxylic acids is 1. The van der Waals surface area contributed by atoms with E-state index >= 15 is 0 Å². The van der Waals surface area contributed by atoms with Crippen molar-refractivity contribution in [3.05, 3.63) is 35.3 Å². The number of hydrogen-bond donors (Lipinski definition) is 0. The van der Waals surface area contributed by atoms with Gasteiger partial charge in [0.15, 0.2) is 5.13 Å². The zero-order valence-corrected chi connectivity index (χ0v) is 17.5. The number of piperidine rings is 1. The molecule has 4 rings (SSSR count). The van der Waals surface area contributed by atoms with Gasteiger partial charge in [0.05, 0.1) is 7.11 Å². The van der Waals surface area contributed by atoms with Gasteiger partial charge < -0.3 is 19.4 Å². The molecule has 1 aromatic heterocycles. The maximum absolute atomic E-state index is 12.8. The fraction of sp³-hybridized carbons (Fsp3) is 0.524. The summed E-state index contributed by atoms with van der Waals surface area (Å²) in [6, 6.07) is 8.21. The Hall–Kier alpha value is -2.28. The van der Waals surface area contributed by atoms with Crippen LogP contribution in [0.5, 0.6) is 5.75 Å². The van der Waals surface area contributed by atoms with E-state index in [9.17, 15) is 4.79 Å². The van der Waals surface area contributed by atoms with Crippen LogP contribution in [0, 0.1) is 5.92 Å². The van der Waals surface area contributed by atoms with Crippen LogP contribution in [0.25, 0.3) is 0 Å². The van der Waals surface area contributed by atoms with E-state index in [2.05, 4.69) is 33.8 Å². The van der Waals surface area contributed by atoms with Crippen molar-refractivity contribution >= 4 is 28.1 Å². The molecule has 0 N–H and O–H groups in total. The number of carbonyl (C=O) groups is 1. The SMILES string of the molecule is COc1ccc(N2CCN(c3nc(C(=O)N4CCC[C@H](C)C4)cs3)CC2)cc1. The van der Waals surface area contributed by atoms with Crippen molar-refractivity contribution in [3.8, 4) is 5.75 Å². The van der Waals surface area contributed by atoms with Crippen molar-refractivity contribution in [2.75, 3.05) is 56.2 Å². The number of aromatic nitrogens is 1. The summed E-state index contributed by atoms with van der Waals surface area (Å²) >= 11 is 1.58. The third-order valence-corrected chi connectivity index (χ3v) is 6.54. The van der Waals surface area contributed by atoms with Crippen LogP contribution in [0.4, 0.5) is 10.8 Å². The lowest BCUT2D eigenvalue weighted by Gasteiger charge is -2.36. The number of amides is 1. The van der Waals surface area contributed by atoms with Crippen LogP contribution in [-0.2, 0) is 0 Å². The fourth-order valence-corrected chi connectivity index (χ4v) is 4.85. The lowest BCUT2D eigenvalue weighted by Crippen LogP contribution is -2.46. The van der Waals surface area contributed by atoms with E-state index in [-0.39, 0.29) is 5.91 Å². The van der Waals surface area contributed by atoms with E-state index in [1.807, 2.05) is 22.4 Å². The topological polar surface area (TPSA) is 48.9 Å². The summed E-state index contributed by atoms with van der Waals surface area (Å²) in [7, 11) is 1.69. The molecular weight excluding hydrogens is 372 g/mol. The third kappa shape index (κ3) is 4.09. The van der Waals surface area contributed by atoms with Crippen molar-refractivity contribution < 1.29 is 9.53 Å². The summed E-state index contributed by atoms with van der Waals surface area (Å²) in [5.41, 5.74) is 1.82. The average molecular weight is 401 g/mol. The lowest BCUT2D eigenvalue weighted by atomic mass is 10.0. The Morgan fingerprint density at radius 2 is 1.82 bits per heavy atom. The molecule has 0 radical (unpaired) electrons. The zero-order valence-electron chi connectivity index (χ0n) is 16.6. The highest BCUT2D eigenvalue weighted by atomic mass is 32.1. The minimum atomic E-state index is 0.0888. The van der Waals surface area contributed by atoms with Gasteiger partial charge in [-0.15, -0.1) is 11.3 Å². The van der Waals surface area contributed by atoms with E-state index < -0.39 is 0 Å². The summed E-state index contributed by atoms with van der Waals surface area (Å²) in [5.74, 6) is 1.55. The summed E-state index contributed by atoms with van der Waals surface area (Å²) < 4.78 is 5.24. The minimum Gasteiger partial charge on any atom is -0.497 e. The molecule has 0 unspecified atom stereocenters. The Bertz CT molecular complexity index is 799. The largest absolute Gasteiger partial charge is 0.497 e. The number of likely N-dealkylation sites (tertiary alicyclic amines) is 1. The molecule has 2 aliphatic heterocycles. The van der Waals surface area contributed by atoms with Gasteiger partial charge in [0.25, 0.3) is 5.91 Å². The van der Waals surface area contributed by atoms with Gasteiger partial charge in [-0.1, -0.05) is 6.92 Å². The molecule has 1 atom stereocenters. The lowest BCUT2D eigenvalue weighted by molar-refractivity contribution is 0.0678. The van der Waals surface area contributed by atoms with E-state index in [1.165, 1.54) is 12.1 Å². The molecule has 3 heterocycles. The van der Waals surface area contributed by atoms with E-state index in [0.29, 0.717) is 11.6 Å². The normalized spacial score (nSPS) is 20.4. The number of piperazine rings is 1. The van der Waals surface area contributed by atoms with Crippen LogP contribution in [0.1, 0.15) is 30.3 Å². The van der Waals surface area contributed by atoms with Gasteiger partial charge in [-0.3, -0.25) is 4.79 Å². The molecule has 2 saturated heterocycles. The number of nitrogens with zero attached hydrogens (tertiary/aromatic N) is 4. The molecule has 0 aliphatic carbocycles. The Morgan fingerprint density at radius 1 is 1.11 bits per heavy atom. The first kappa shape index (κ1) is 19.1. The predicted molar refractivity (Wildman–Crippen MR) is 114 cm³/mol. The van der Waals surface area contributed by atoms with Crippen molar-refractivity contribution in [2.45, 2.75) is 19.8 Å². The molecule has 0 saturated carbocycles. The molecule has 2 aliphatic rings. The van der Waals surface area contributed by atoms with Crippen LogP contribution in [-0.4, -0.2) is 62.2 Å². The molecule has 2 aromatic rings. The molecule has 28 heavy (non-hydrogen) atoms. The number of hydrogen-bond acceptors (Lipinski definition) is 6. The van der Waals surface area contributed by atoms with Crippen molar-refractivity contribution in [1.82, 2.24) is 9.88 Å². The zero-order chi connectivity index (χ0) is 19.5. The average Bonchev–Trinajstić information content (AvgIpc) is 3.24. The van der Waals surface area contributed by atoms with Crippen molar-refractivity contribution in [1.29, 1.82) is 0 Å². The molecular formula is C21H28N4O2S. The first-order valence-electron chi connectivity index (χ1n) is 10.0. The Labute approximate surface area is 170 Å². The van der Waals surface area contributed by atoms with Gasteiger partial charge in [-0.2, -0.15) is 0 Å². The van der Waals surface area contributed by atoms with Gasteiger partial charge in [-0.05, 0) is 43.0 Å². The molecule has 150 valence electrons. The highest BCUT2D eigenvalue weighted by molar-refractivity contribution is 7.13. The molecule has 7 heteroatoms. The number of benzene rings is 1. The van der Waals surface area contributed by atoms with Gasteiger partial charge >= 0.3 is 0 Å². The van der Waals surface area contributed by atoms with Crippen LogP contribution in [0.15, 0.2) is 29.6 Å². The summed E-state index contributed by atoms with van der Waals surface area (Å²) in [6.45, 7) is 7.64. The Kier molecular flexibility index (Phi) is 5.71. The van der Waals surface area contributed by atoms with Crippen molar-refractivity contribution in [2.24, 2.45) is 5.92 Å². The number of rotatable bonds is 4. The highest BCUT2D eigenvalue weighted by Crippen LogP contribution is 2.26. The minimum absolute atomic E-state index is 0.0888. The fourth-order valence-electron chi connectivity index (χ4n) is 3.99. The highest BCUT2D eigenvalue weighted by Gasteiger charge is 2.25. The Balaban J connectivity index is 1.35. The first-order chi connectivity index (χ1) is 13.6. The second-order valence-electron chi connectivity index (χ2n) is 7.69. The predicted octanol–water partition coefficient (Wildman–Crippen LogP) is 3.35. The van der Waals surface area contributed by atoms with Crippen LogP contribution >= 0.6 is 11.3 Å². The second-order valence-corrected chi connectivity index (χ2v) is 8.52. The van der Waals surface area contributed by atoms with Crippen molar-refractivity contribution in [3.63, 3.8) is 0 Å². The standard InChI is InChI=1S/C21H28N4O2S/c1-16-4-3-9-25(14-16)20(26)19-15-28-21(22-19)24-12-10-23(11-13-24)17-5-7-18(27-2)8-6-17/h5-8,15-16H,3-4,9-14H2,1-2H3/t16-/m0/s1. The van der Waals surface area contributed by atoms with Gasteiger partial charge in [0.1, 0.15) is 11.4 Å². The van der Waals surface area contributed by atoms with Gasteiger partial charge in [0, 0.05) is 50.3 Å². The molecule has 2 fully saturated rings. The van der Waals surface area contributed by atoms with Crippen LogP contribution < -0.4 is 14.5 Å². The van der Waals surface area contributed by atoms with Gasteiger partial charge in [0.2, 0.25) is 0 Å². The quantitative estimate of drug-likeness (QED) is 0.788. The maximum Gasteiger partial charge on any atom is 0.273 e.